The van der Waals surface area contributed by atoms with Gasteiger partial charge in [0.25, 0.3) is 5.91 Å². The van der Waals surface area contributed by atoms with Gasteiger partial charge in [0.15, 0.2) is 11.5 Å². The molecule has 29 heavy (non-hydrogen) atoms. The van der Waals surface area contributed by atoms with Crippen LogP contribution in [0.2, 0.25) is 0 Å². The number of hydrogen-bond acceptors (Lipinski definition) is 6. The van der Waals surface area contributed by atoms with Gasteiger partial charge in [-0.1, -0.05) is 0 Å². The van der Waals surface area contributed by atoms with Gasteiger partial charge in [-0.25, -0.2) is 4.79 Å². The highest BCUT2D eigenvalue weighted by Gasteiger charge is 2.29. The van der Waals surface area contributed by atoms with Crippen LogP contribution < -0.4 is 19.2 Å². The van der Waals surface area contributed by atoms with E-state index >= 15 is 0 Å². The van der Waals surface area contributed by atoms with Gasteiger partial charge in [-0.15, -0.1) is 0 Å². The lowest BCUT2D eigenvalue weighted by Gasteiger charge is -2.13. The van der Waals surface area contributed by atoms with Crippen LogP contribution >= 0.6 is 0 Å². The molecular weight excluding hydrogens is 376 g/mol. The number of hydrogen-bond donors (Lipinski definition) is 1. The number of carbonyl (C=O) groups excluding carboxylic acids is 1. The van der Waals surface area contributed by atoms with Crippen molar-refractivity contribution in [1.29, 1.82) is 0 Å². The highest BCUT2D eigenvalue weighted by atomic mass is 16.5. The molecule has 1 aliphatic rings. The van der Waals surface area contributed by atoms with Gasteiger partial charge in [0.2, 0.25) is 5.75 Å². The maximum absolute atomic E-state index is 12.9. The maximum atomic E-state index is 12.9. The fourth-order valence-corrected chi connectivity index (χ4v) is 2.96. The molecule has 2 aromatic carbocycles. The standard InChI is InChI=1S/C21H20N2O6/c1-12-16(9-13-10-17(27-2)19(29-4)18(11-13)28-3)20(24)23(22-12)15-7-5-14(6-8-15)21(25)26/h5-11H,1-4H3,(H,25,26)/b16-9-. The molecule has 1 aliphatic heterocycles. The molecule has 8 heteroatoms. The predicted molar refractivity (Wildman–Crippen MR) is 108 cm³/mol. The second-order valence-corrected chi connectivity index (χ2v) is 6.17. The number of carboxylic acids is 1. The number of ether oxygens (including phenoxy) is 3. The third-order valence-electron chi connectivity index (χ3n) is 4.42. The van der Waals surface area contributed by atoms with Gasteiger partial charge in [0, 0.05) is 0 Å². The largest absolute Gasteiger partial charge is 0.493 e. The molecule has 2 aromatic rings. The minimum atomic E-state index is -1.04. The number of carbonyl (C=O) groups is 2. The zero-order chi connectivity index (χ0) is 21.1. The smallest absolute Gasteiger partial charge is 0.335 e. The summed E-state index contributed by atoms with van der Waals surface area (Å²) in [5.74, 6) is 0.0476. The molecule has 0 radical (unpaired) electrons. The molecule has 0 bridgehead atoms. The number of anilines is 1. The molecule has 0 aromatic heterocycles. The first-order valence-corrected chi connectivity index (χ1v) is 8.64. The molecule has 1 N–H and O–H groups in total. The van der Waals surface area contributed by atoms with E-state index in [-0.39, 0.29) is 11.5 Å². The van der Waals surface area contributed by atoms with E-state index in [9.17, 15) is 9.59 Å². The molecule has 0 aliphatic carbocycles. The SMILES string of the molecule is COc1cc(/C=C2\C(=O)N(c3ccc(C(=O)O)cc3)N=C2C)cc(OC)c1OC. The zero-order valence-electron chi connectivity index (χ0n) is 16.4. The van der Waals surface area contributed by atoms with Gasteiger partial charge in [0.05, 0.1) is 43.9 Å². The summed E-state index contributed by atoms with van der Waals surface area (Å²) in [6.07, 6.45) is 1.69. The average Bonchev–Trinajstić information content (AvgIpc) is 3.01. The van der Waals surface area contributed by atoms with Crippen molar-refractivity contribution in [2.45, 2.75) is 6.92 Å². The molecule has 1 heterocycles. The molecule has 0 saturated heterocycles. The molecule has 8 nitrogen and oxygen atoms in total. The van der Waals surface area contributed by atoms with Gasteiger partial charge in [-0.2, -0.15) is 10.1 Å². The van der Waals surface area contributed by atoms with E-state index in [1.807, 2.05) is 0 Å². The number of rotatable bonds is 6. The quantitative estimate of drug-likeness (QED) is 0.753. The van der Waals surface area contributed by atoms with E-state index in [0.29, 0.717) is 39.8 Å². The fourth-order valence-electron chi connectivity index (χ4n) is 2.96. The van der Waals surface area contributed by atoms with Crippen molar-refractivity contribution < 1.29 is 28.9 Å². The van der Waals surface area contributed by atoms with Crippen molar-refractivity contribution in [1.82, 2.24) is 0 Å². The Morgan fingerprint density at radius 3 is 2.10 bits per heavy atom. The summed E-state index contributed by atoms with van der Waals surface area (Å²) in [5.41, 5.74) is 2.23. The monoisotopic (exact) mass is 396 g/mol. The van der Waals surface area contributed by atoms with Crippen LogP contribution in [0.25, 0.3) is 6.08 Å². The van der Waals surface area contributed by atoms with Crippen LogP contribution in [0.1, 0.15) is 22.8 Å². The van der Waals surface area contributed by atoms with E-state index in [2.05, 4.69) is 5.10 Å². The summed E-state index contributed by atoms with van der Waals surface area (Å²) in [6.45, 7) is 1.73. The number of amides is 1. The Hall–Kier alpha value is -3.81. The van der Waals surface area contributed by atoms with E-state index in [0.717, 1.165) is 0 Å². The van der Waals surface area contributed by atoms with Gasteiger partial charge < -0.3 is 19.3 Å². The van der Waals surface area contributed by atoms with Crippen LogP contribution in [0.15, 0.2) is 47.1 Å². The van der Waals surface area contributed by atoms with Gasteiger partial charge >= 0.3 is 5.97 Å². The molecule has 0 unspecified atom stereocenters. The van der Waals surface area contributed by atoms with Crippen molar-refractivity contribution in [2.24, 2.45) is 5.10 Å². The molecular formula is C21H20N2O6. The molecule has 150 valence electrons. The van der Waals surface area contributed by atoms with Crippen molar-refractivity contribution >= 4 is 29.4 Å². The number of methoxy groups -OCH3 is 3. The fraction of sp³-hybridized carbons (Fsp3) is 0.190. The van der Waals surface area contributed by atoms with Crippen molar-refractivity contribution in [3.05, 3.63) is 53.1 Å². The summed E-state index contributed by atoms with van der Waals surface area (Å²) < 4.78 is 16.0. The summed E-state index contributed by atoms with van der Waals surface area (Å²) in [4.78, 5) is 23.9. The van der Waals surface area contributed by atoms with E-state index in [1.165, 1.54) is 38.5 Å². The lowest BCUT2D eigenvalue weighted by Crippen LogP contribution is -2.21. The molecule has 0 fully saturated rings. The minimum Gasteiger partial charge on any atom is -0.493 e. The Morgan fingerprint density at radius 1 is 1.03 bits per heavy atom. The van der Waals surface area contributed by atoms with E-state index < -0.39 is 5.97 Å². The Balaban J connectivity index is 1.96. The van der Waals surface area contributed by atoms with Crippen LogP contribution in [-0.4, -0.2) is 44.0 Å². The zero-order valence-corrected chi connectivity index (χ0v) is 16.4. The third-order valence-corrected chi connectivity index (χ3v) is 4.42. The van der Waals surface area contributed by atoms with Crippen LogP contribution in [0, 0.1) is 0 Å². The van der Waals surface area contributed by atoms with Crippen molar-refractivity contribution in [3.8, 4) is 17.2 Å². The first kappa shape index (κ1) is 19.9. The average molecular weight is 396 g/mol. The third kappa shape index (κ3) is 3.77. The van der Waals surface area contributed by atoms with Crippen molar-refractivity contribution in [2.75, 3.05) is 26.3 Å². The Kier molecular flexibility index (Phi) is 5.54. The molecule has 0 saturated carbocycles. The highest BCUT2D eigenvalue weighted by molar-refractivity contribution is 6.32. The van der Waals surface area contributed by atoms with Gasteiger partial charge in [0.1, 0.15) is 0 Å². The molecule has 3 rings (SSSR count). The van der Waals surface area contributed by atoms with E-state index in [1.54, 1.807) is 37.3 Å². The number of carboxylic acid groups (broad SMARTS) is 1. The summed E-state index contributed by atoms with van der Waals surface area (Å²) >= 11 is 0. The second kappa shape index (κ2) is 8.05. The normalized spacial score (nSPS) is 14.8. The first-order chi connectivity index (χ1) is 13.9. The van der Waals surface area contributed by atoms with E-state index in [4.69, 9.17) is 19.3 Å². The van der Waals surface area contributed by atoms with Crippen molar-refractivity contribution in [3.63, 3.8) is 0 Å². The number of aromatic carboxylic acids is 1. The number of benzene rings is 2. The van der Waals surface area contributed by atoms with Crippen LogP contribution in [0.5, 0.6) is 17.2 Å². The number of hydrazone groups is 1. The maximum Gasteiger partial charge on any atom is 0.335 e. The Labute approximate surface area is 167 Å². The molecule has 1 amide bonds. The predicted octanol–water partition coefficient (Wildman–Crippen LogP) is 3.22. The first-order valence-electron chi connectivity index (χ1n) is 8.64. The lowest BCUT2D eigenvalue weighted by atomic mass is 10.1. The second-order valence-electron chi connectivity index (χ2n) is 6.17. The summed E-state index contributed by atoms with van der Waals surface area (Å²) in [6, 6.07) is 9.41. The highest BCUT2D eigenvalue weighted by Crippen LogP contribution is 2.39. The molecule has 0 spiro atoms. The Morgan fingerprint density at radius 2 is 1.62 bits per heavy atom. The topological polar surface area (TPSA) is 97.7 Å². The van der Waals surface area contributed by atoms with Crippen LogP contribution in [0.3, 0.4) is 0 Å². The number of nitrogens with zero attached hydrogens (tertiary/aromatic N) is 2. The van der Waals surface area contributed by atoms with Crippen LogP contribution in [-0.2, 0) is 4.79 Å². The van der Waals surface area contributed by atoms with Gasteiger partial charge in [-0.05, 0) is 55.0 Å². The molecule has 0 atom stereocenters. The summed E-state index contributed by atoms with van der Waals surface area (Å²) in [5, 5.41) is 14.6. The lowest BCUT2D eigenvalue weighted by molar-refractivity contribution is -0.114. The Bertz CT molecular complexity index is 999. The minimum absolute atomic E-state index is 0.134. The summed E-state index contributed by atoms with van der Waals surface area (Å²) in [7, 11) is 4.55. The van der Waals surface area contributed by atoms with Crippen LogP contribution in [0.4, 0.5) is 5.69 Å². The van der Waals surface area contributed by atoms with Gasteiger partial charge in [-0.3, -0.25) is 4.79 Å².